The maximum Gasteiger partial charge on any atom is 0.416 e. The number of aliphatic carboxylic acids is 1. The van der Waals surface area contributed by atoms with Crippen molar-refractivity contribution in [3.63, 3.8) is 0 Å². The summed E-state index contributed by atoms with van der Waals surface area (Å²) in [5.74, 6) is -2.36. The monoisotopic (exact) mass is 691 g/mol. The second-order valence-electron chi connectivity index (χ2n) is 13.6. The first-order chi connectivity index (χ1) is 23.6. The largest absolute Gasteiger partial charge is 0.481 e. The van der Waals surface area contributed by atoms with Gasteiger partial charge in [-0.1, -0.05) is 26.0 Å². The van der Waals surface area contributed by atoms with Gasteiger partial charge in [0.15, 0.2) is 0 Å². The van der Waals surface area contributed by atoms with Gasteiger partial charge in [0.1, 0.15) is 11.9 Å². The van der Waals surface area contributed by atoms with Gasteiger partial charge >= 0.3 is 12.1 Å². The zero-order chi connectivity index (χ0) is 36.3. The fraction of sp³-hybridized carbons (Fsp3) is 0.385. The molecule has 50 heavy (non-hydrogen) atoms. The van der Waals surface area contributed by atoms with Crippen LogP contribution >= 0.6 is 0 Å². The SMILES string of the molecule is Cc1cc(F)cc(C)c1-c1cc([C@H](CC(=O)O)NC(=O)[C@@H](CC(C)C)n2cc(CCc3ccccn3)c(C(F)(F)F)cc2=O)cc2c1CCC2. The van der Waals surface area contributed by atoms with Crippen molar-refractivity contribution in [2.75, 3.05) is 0 Å². The summed E-state index contributed by atoms with van der Waals surface area (Å²) >= 11 is 0. The quantitative estimate of drug-likeness (QED) is 0.147. The van der Waals surface area contributed by atoms with Crippen molar-refractivity contribution in [3.05, 3.63) is 122 Å². The van der Waals surface area contributed by atoms with Gasteiger partial charge in [0.05, 0.1) is 18.0 Å². The van der Waals surface area contributed by atoms with Crippen molar-refractivity contribution in [3.8, 4) is 11.1 Å². The van der Waals surface area contributed by atoms with E-state index in [0.717, 1.165) is 63.4 Å². The number of pyridine rings is 2. The number of carboxylic acids is 1. The predicted octanol–water partition coefficient (Wildman–Crippen LogP) is 7.88. The van der Waals surface area contributed by atoms with Crippen LogP contribution in [0, 0.1) is 25.6 Å². The number of amides is 1. The normalized spacial score (nSPS) is 14.0. The van der Waals surface area contributed by atoms with Gasteiger partial charge in [-0.2, -0.15) is 13.2 Å². The number of benzene rings is 2. The number of rotatable bonds is 12. The Morgan fingerprint density at radius 1 is 1.02 bits per heavy atom. The van der Waals surface area contributed by atoms with E-state index in [1.54, 1.807) is 24.4 Å². The average molecular weight is 692 g/mol. The number of carbonyl (C=O) groups is 2. The summed E-state index contributed by atoms with van der Waals surface area (Å²) < 4.78 is 57.7. The molecule has 0 unspecified atom stereocenters. The molecule has 0 saturated heterocycles. The summed E-state index contributed by atoms with van der Waals surface area (Å²) in [5, 5.41) is 12.8. The van der Waals surface area contributed by atoms with E-state index in [0.29, 0.717) is 17.3 Å². The number of hydrogen-bond acceptors (Lipinski definition) is 4. The van der Waals surface area contributed by atoms with Crippen LogP contribution in [-0.4, -0.2) is 26.5 Å². The molecule has 0 aliphatic heterocycles. The van der Waals surface area contributed by atoms with Gasteiger partial charge in [-0.15, -0.1) is 0 Å². The summed E-state index contributed by atoms with van der Waals surface area (Å²) in [4.78, 5) is 43.9. The van der Waals surface area contributed by atoms with E-state index in [2.05, 4.69) is 10.3 Å². The van der Waals surface area contributed by atoms with E-state index in [1.165, 1.54) is 12.1 Å². The number of fused-ring (bicyclic) bond motifs is 1. The molecule has 2 aromatic heterocycles. The Hall–Kier alpha value is -4.80. The highest BCUT2D eigenvalue weighted by Gasteiger charge is 2.36. The lowest BCUT2D eigenvalue weighted by Crippen LogP contribution is -2.40. The first-order valence-corrected chi connectivity index (χ1v) is 16.8. The average Bonchev–Trinajstić information content (AvgIpc) is 3.51. The molecule has 264 valence electrons. The summed E-state index contributed by atoms with van der Waals surface area (Å²) in [6.45, 7) is 7.29. The van der Waals surface area contributed by atoms with Gasteiger partial charge < -0.3 is 15.0 Å². The van der Waals surface area contributed by atoms with Gasteiger partial charge in [0.25, 0.3) is 5.56 Å². The highest BCUT2D eigenvalue weighted by molar-refractivity contribution is 5.82. The summed E-state index contributed by atoms with van der Waals surface area (Å²) in [6.07, 6.45) is 0.0282. The lowest BCUT2D eigenvalue weighted by atomic mass is 9.87. The van der Waals surface area contributed by atoms with Gasteiger partial charge in [0.2, 0.25) is 5.91 Å². The Morgan fingerprint density at radius 3 is 2.36 bits per heavy atom. The first kappa shape index (κ1) is 36.5. The number of nitrogens with zero attached hydrogens (tertiary/aromatic N) is 2. The van der Waals surface area contributed by atoms with E-state index >= 15 is 0 Å². The Morgan fingerprint density at radius 2 is 1.74 bits per heavy atom. The molecule has 2 atom stereocenters. The molecule has 2 heterocycles. The third kappa shape index (κ3) is 8.31. The van der Waals surface area contributed by atoms with Crippen LogP contribution in [0.5, 0.6) is 0 Å². The van der Waals surface area contributed by atoms with E-state index < -0.39 is 47.7 Å². The molecule has 2 aromatic carbocycles. The molecule has 0 fully saturated rings. The number of nitrogens with one attached hydrogen (secondary N) is 1. The number of carbonyl (C=O) groups excluding carboxylic acids is 1. The zero-order valence-electron chi connectivity index (χ0n) is 28.5. The fourth-order valence-electron chi connectivity index (χ4n) is 7.09. The number of hydrogen-bond donors (Lipinski definition) is 2. The van der Waals surface area contributed by atoms with Crippen molar-refractivity contribution >= 4 is 11.9 Å². The smallest absolute Gasteiger partial charge is 0.416 e. The molecule has 0 radical (unpaired) electrons. The highest BCUT2D eigenvalue weighted by Crippen LogP contribution is 2.39. The van der Waals surface area contributed by atoms with Gasteiger partial charge in [-0.25, -0.2) is 4.39 Å². The van der Waals surface area contributed by atoms with E-state index in [-0.39, 0.29) is 36.6 Å². The van der Waals surface area contributed by atoms with Crippen LogP contribution < -0.4 is 10.9 Å². The second-order valence-corrected chi connectivity index (χ2v) is 13.6. The molecule has 0 bridgehead atoms. The van der Waals surface area contributed by atoms with Crippen molar-refractivity contribution in [1.82, 2.24) is 14.9 Å². The van der Waals surface area contributed by atoms with Crippen LogP contribution in [0.15, 0.2) is 65.7 Å². The first-order valence-electron chi connectivity index (χ1n) is 16.8. The van der Waals surface area contributed by atoms with Crippen LogP contribution in [0.4, 0.5) is 17.6 Å². The molecule has 4 aromatic rings. The Balaban J connectivity index is 1.56. The van der Waals surface area contributed by atoms with E-state index in [1.807, 2.05) is 39.8 Å². The number of aromatic nitrogens is 2. The standard InChI is InChI=1S/C39H41F4N3O4/c1-22(2)14-34(46-21-26(11-12-29-9-5-6-13-44-29)32(19-35(46)47)39(41,42)43)38(50)45-33(20-36(48)49)27-17-25-8-7-10-30(25)31(18-27)37-23(3)15-28(40)16-24(37)4/h5-6,9,13,15-19,21-22,33-34H,7-8,10-12,14,20H2,1-4H3,(H,45,50)(H,48,49)/t33-,34+/m0/s1. The molecule has 7 nitrogen and oxygen atoms in total. The Bertz CT molecular complexity index is 1930. The minimum atomic E-state index is -4.80. The second kappa shape index (κ2) is 15.0. The molecule has 0 saturated carbocycles. The van der Waals surface area contributed by atoms with E-state index in [9.17, 15) is 37.1 Å². The molecule has 1 aliphatic carbocycles. The van der Waals surface area contributed by atoms with Crippen molar-refractivity contribution in [2.45, 2.75) is 90.9 Å². The third-order valence-corrected chi connectivity index (χ3v) is 9.28. The lowest BCUT2D eigenvalue weighted by molar-refractivity contribution is -0.139. The fourth-order valence-corrected chi connectivity index (χ4v) is 7.09. The van der Waals surface area contributed by atoms with E-state index in [4.69, 9.17) is 0 Å². The third-order valence-electron chi connectivity index (χ3n) is 9.28. The van der Waals surface area contributed by atoms with Crippen LogP contribution in [0.1, 0.15) is 89.8 Å². The summed E-state index contributed by atoms with van der Waals surface area (Å²) in [5.41, 5.74) is 4.17. The minimum Gasteiger partial charge on any atom is -0.481 e. The maximum absolute atomic E-state index is 14.3. The number of alkyl halides is 3. The molecule has 0 spiro atoms. The number of carboxylic acid groups (broad SMARTS) is 1. The van der Waals surface area contributed by atoms with Crippen LogP contribution in [0.3, 0.4) is 0 Å². The van der Waals surface area contributed by atoms with Crippen molar-refractivity contribution in [2.24, 2.45) is 5.92 Å². The summed E-state index contributed by atoms with van der Waals surface area (Å²) in [6, 6.07) is 10.1. The minimum absolute atomic E-state index is 0.0794. The summed E-state index contributed by atoms with van der Waals surface area (Å²) in [7, 11) is 0. The molecule has 5 rings (SSSR count). The van der Waals surface area contributed by atoms with Crippen LogP contribution in [0.2, 0.25) is 0 Å². The van der Waals surface area contributed by atoms with Gasteiger partial charge in [0, 0.05) is 24.2 Å². The van der Waals surface area contributed by atoms with Crippen molar-refractivity contribution < 1.29 is 32.3 Å². The van der Waals surface area contributed by atoms with Crippen LogP contribution in [-0.2, 0) is 41.4 Å². The molecule has 2 N–H and O–H groups in total. The number of aryl methyl sites for hydroxylation is 5. The predicted molar refractivity (Wildman–Crippen MR) is 182 cm³/mol. The molecule has 11 heteroatoms. The van der Waals surface area contributed by atoms with Crippen molar-refractivity contribution in [1.29, 1.82) is 0 Å². The lowest BCUT2D eigenvalue weighted by Gasteiger charge is -2.27. The Labute approximate surface area is 288 Å². The molecule has 1 amide bonds. The van der Waals surface area contributed by atoms with Gasteiger partial charge in [-0.05, 0) is 133 Å². The zero-order valence-corrected chi connectivity index (χ0v) is 28.5. The molecular formula is C39H41F4N3O4. The topological polar surface area (TPSA) is 101 Å². The molecule has 1 aliphatic rings. The molecular weight excluding hydrogens is 650 g/mol. The van der Waals surface area contributed by atoms with Gasteiger partial charge in [-0.3, -0.25) is 19.4 Å². The maximum atomic E-state index is 14.3. The van der Waals surface area contributed by atoms with Crippen LogP contribution in [0.25, 0.3) is 11.1 Å². The Kier molecular flexibility index (Phi) is 10.9. The number of halogens is 4. The highest BCUT2D eigenvalue weighted by atomic mass is 19.4.